The lowest BCUT2D eigenvalue weighted by Gasteiger charge is -2.51. The molecule has 4 heteroatoms. The van der Waals surface area contributed by atoms with Crippen LogP contribution in [-0.2, 0) is 9.59 Å². The second kappa shape index (κ2) is 8.75. The van der Waals surface area contributed by atoms with Gasteiger partial charge < -0.3 is 10.2 Å². The van der Waals surface area contributed by atoms with Gasteiger partial charge in [-0.15, -0.1) is 0 Å². The van der Waals surface area contributed by atoms with Crippen molar-refractivity contribution in [3.05, 3.63) is 0 Å². The third-order valence-corrected chi connectivity index (χ3v) is 7.80. The van der Waals surface area contributed by atoms with Crippen molar-refractivity contribution in [3.63, 3.8) is 0 Å². The maximum atomic E-state index is 12.5. The van der Waals surface area contributed by atoms with Crippen molar-refractivity contribution < 1.29 is 19.8 Å². The first-order chi connectivity index (χ1) is 12.6. The first-order valence-electron chi connectivity index (χ1n) is 11.0. The summed E-state index contributed by atoms with van der Waals surface area (Å²) in [7, 11) is 0. The molecule has 0 aromatic rings. The van der Waals surface area contributed by atoms with E-state index in [0.717, 1.165) is 83.5 Å². The lowest BCUT2D eigenvalue weighted by molar-refractivity contribution is -0.168. The maximum absolute atomic E-state index is 12.5. The van der Waals surface area contributed by atoms with E-state index < -0.39 is 29.2 Å². The summed E-state index contributed by atoms with van der Waals surface area (Å²) in [5, 5.41) is 20.6. The summed E-state index contributed by atoms with van der Waals surface area (Å²) in [6.07, 6.45) is 15.4. The Morgan fingerprint density at radius 2 is 0.962 bits per heavy atom. The maximum Gasteiger partial charge on any atom is 0.307 e. The summed E-state index contributed by atoms with van der Waals surface area (Å²) in [6, 6.07) is 0. The molecule has 3 aliphatic carbocycles. The Labute approximate surface area is 157 Å². The molecule has 0 radical (unpaired) electrons. The Kier molecular flexibility index (Phi) is 6.63. The molecule has 0 bridgehead atoms. The number of carboxylic acids is 2. The van der Waals surface area contributed by atoms with Gasteiger partial charge in [0.15, 0.2) is 0 Å². The van der Waals surface area contributed by atoms with Gasteiger partial charge in [-0.2, -0.15) is 0 Å². The predicted octanol–water partition coefficient (Wildman–Crippen LogP) is 5.50. The Balaban J connectivity index is 1.98. The third kappa shape index (κ3) is 3.94. The fourth-order valence-electron chi connectivity index (χ4n) is 6.79. The lowest BCUT2D eigenvalue weighted by atomic mass is 9.51. The van der Waals surface area contributed by atoms with Crippen LogP contribution in [0, 0.1) is 29.1 Å². The smallest absolute Gasteiger partial charge is 0.307 e. The Morgan fingerprint density at radius 1 is 0.615 bits per heavy atom. The Hall–Kier alpha value is -1.06. The Morgan fingerprint density at radius 3 is 1.31 bits per heavy atom. The molecule has 3 saturated carbocycles. The van der Waals surface area contributed by atoms with Crippen molar-refractivity contribution in [2.75, 3.05) is 0 Å². The van der Waals surface area contributed by atoms with E-state index in [1.165, 1.54) is 12.8 Å². The fourth-order valence-corrected chi connectivity index (χ4v) is 6.79. The van der Waals surface area contributed by atoms with Gasteiger partial charge in [0.05, 0.1) is 11.8 Å². The summed E-state index contributed by atoms with van der Waals surface area (Å²) in [5.41, 5.74) is -0.528. The van der Waals surface area contributed by atoms with Crippen LogP contribution < -0.4 is 0 Å². The number of carboxylic acid groups (broad SMARTS) is 2. The molecular formula is C22H36O4. The van der Waals surface area contributed by atoms with Gasteiger partial charge >= 0.3 is 11.9 Å². The minimum absolute atomic E-state index is 0.171. The molecule has 0 aromatic heterocycles. The van der Waals surface area contributed by atoms with Crippen molar-refractivity contribution in [1.29, 1.82) is 0 Å². The third-order valence-electron chi connectivity index (χ3n) is 7.80. The minimum Gasteiger partial charge on any atom is -0.481 e. The van der Waals surface area contributed by atoms with Crippen LogP contribution in [0.4, 0.5) is 0 Å². The minimum atomic E-state index is -0.721. The molecule has 0 saturated heterocycles. The summed E-state index contributed by atoms with van der Waals surface area (Å²) < 4.78 is 0. The molecule has 148 valence electrons. The predicted molar refractivity (Wildman–Crippen MR) is 101 cm³/mol. The van der Waals surface area contributed by atoms with Crippen molar-refractivity contribution in [2.24, 2.45) is 29.1 Å². The van der Waals surface area contributed by atoms with E-state index in [0.29, 0.717) is 0 Å². The van der Waals surface area contributed by atoms with Crippen molar-refractivity contribution in [1.82, 2.24) is 0 Å². The lowest BCUT2D eigenvalue weighted by Crippen LogP contribution is -2.52. The zero-order valence-corrected chi connectivity index (χ0v) is 16.1. The summed E-state index contributed by atoms with van der Waals surface area (Å²) in [6.45, 7) is 0. The largest absolute Gasteiger partial charge is 0.481 e. The molecule has 3 rings (SSSR count). The monoisotopic (exact) mass is 364 g/mol. The van der Waals surface area contributed by atoms with Crippen LogP contribution in [0.3, 0.4) is 0 Å². The first-order valence-corrected chi connectivity index (χ1v) is 11.0. The highest BCUT2D eigenvalue weighted by Gasteiger charge is 2.56. The molecule has 0 aromatic carbocycles. The van der Waals surface area contributed by atoms with E-state index in [4.69, 9.17) is 0 Å². The number of hydrogen-bond donors (Lipinski definition) is 2. The fraction of sp³-hybridized carbons (Fsp3) is 0.909. The first kappa shape index (κ1) is 19.7. The highest BCUT2D eigenvalue weighted by atomic mass is 16.4. The molecule has 0 aliphatic heterocycles. The zero-order valence-electron chi connectivity index (χ0n) is 16.1. The average Bonchev–Trinajstić information content (AvgIpc) is 2.64. The zero-order chi connectivity index (χ0) is 18.6. The van der Waals surface area contributed by atoms with Gasteiger partial charge in [0.1, 0.15) is 0 Å². The van der Waals surface area contributed by atoms with Gasteiger partial charge in [-0.3, -0.25) is 9.59 Å². The number of aliphatic carboxylic acids is 2. The van der Waals surface area contributed by atoms with Gasteiger partial charge in [0.2, 0.25) is 0 Å². The number of hydrogen-bond acceptors (Lipinski definition) is 2. The quantitative estimate of drug-likeness (QED) is 0.652. The van der Waals surface area contributed by atoms with E-state index in [-0.39, 0.29) is 11.8 Å². The second-order valence-electron chi connectivity index (χ2n) is 9.22. The van der Waals surface area contributed by atoms with Gasteiger partial charge in [-0.25, -0.2) is 0 Å². The van der Waals surface area contributed by atoms with Gasteiger partial charge in [-0.1, -0.05) is 57.8 Å². The van der Waals surface area contributed by atoms with E-state index >= 15 is 0 Å². The van der Waals surface area contributed by atoms with Crippen molar-refractivity contribution in [3.8, 4) is 0 Å². The molecule has 2 atom stereocenters. The van der Waals surface area contributed by atoms with E-state index in [1.54, 1.807) is 0 Å². The highest BCUT2D eigenvalue weighted by Crippen LogP contribution is 2.56. The molecule has 3 fully saturated rings. The van der Waals surface area contributed by atoms with Crippen molar-refractivity contribution >= 4 is 11.9 Å². The summed E-state index contributed by atoms with van der Waals surface area (Å²) in [5.74, 6) is -2.03. The van der Waals surface area contributed by atoms with Crippen molar-refractivity contribution in [2.45, 2.75) is 96.3 Å². The molecule has 2 unspecified atom stereocenters. The molecule has 0 spiro atoms. The van der Waals surface area contributed by atoms with E-state index in [1.807, 2.05) is 0 Å². The van der Waals surface area contributed by atoms with Gasteiger partial charge in [0, 0.05) is 0 Å². The van der Waals surface area contributed by atoms with Crippen LogP contribution in [0.5, 0.6) is 0 Å². The molecule has 3 aliphatic rings. The molecule has 26 heavy (non-hydrogen) atoms. The Bertz CT molecular complexity index is 444. The van der Waals surface area contributed by atoms with Crippen LogP contribution in [-0.4, -0.2) is 22.2 Å². The van der Waals surface area contributed by atoms with Gasteiger partial charge in [0.25, 0.3) is 0 Å². The highest BCUT2D eigenvalue weighted by molar-refractivity contribution is 5.76. The van der Waals surface area contributed by atoms with Crippen LogP contribution in [0.25, 0.3) is 0 Å². The number of carbonyl (C=O) groups is 2. The van der Waals surface area contributed by atoms with Crippen LogP contribution in [0.2, 0.25) is 0 Å². The second-order valence-corrected chi connectivity index (χ2v) is 9.22. The van der Waals surface area contributed by atoms with E-state index in [9.17, 15) is 19.8 Å². The topological polar surface area (TPSA) is 74.6 Å². The van der Waals surface area contributed by atoms with Crippen LogP contribution in [0.15, 0.2) is 0 Å². The van der Waals surface area contributed by atoms with Crippen LogP contribution >= 0.6 is 0 Å². The van der Waals surface area contributed by atoms with Gasteiger partial charge in [-0.05, 0) is 55.8 Å². The summed E-state index contributed by atoms with van der Waals surface area (Å²) in [4.78, 5) is 25.0. The van der Waals surface area contributed by atoms with Crippen LogP contribution in [0.1, 0.15) is 96.3 Å². The normalized spacial score (nSPS) is 27.5. The number of rotatable bonds is 6. The molecule has 0 heterocycles. The summed E-state index contributed by atoms with van der Waals surface area (Å²) >= 11 is 0. The molecular weight excluding hydrogens is 328 g/mol. The molecule has 2 N–H and O–H groups in total. The SMILES string of the molecule is O=C(O)C(C1CCCCC1)C1(C(C(=O)O)C2CCCCC2)CCCCC1. The molecule has 4 nitrogen and oxygen atoms in total. The average molecular weight is 365 g/mol. The molecule has 0 amide bonds. The standard InChI is InChI=1S/C22H36O4/c23-20(24)18(16-10-4-1-5-11-16)22(14-8-3-9-15-22)19(21(25)26)17-12-6-2-7-13-17/h16-19H,1-15H2,(H,23,24)(H,25,26). The van der Waals surface area contributed by atoms with E-state index in [2.05, 4.69) is 0 Å².